The fraction of sp³-hybridized carbons (Fsp3) is 0.364. The van der Waals surface area contributed by atoms with Crippen LogP contribution >= 0.6 is 11.3 Å². The minimum atomic E-state index is -0.340. The largest absolute Gasteiger partial charge is 0.285 e. The van der Waals surface area contributed by atoms with Gasteiger partial charge in [-0.25, -0.2) is 9.67 Å². The molecule has 1 aromatic carbocycles. The maximum Gasteiger partial charge on any atom is 0.285 e. The van der Waals surface area contributed by atoms with Crippen LogP contribution in [0.4, 0.5) is 0 Å². The Kier molecular flexibility index (Phi) is 6.05. The lowest BCUT2D eigenvalue weighted by molar-refractivity contribution is 0.605. The summed E-state index contributed by atoms with van der Waals surface area (Å²) in [7, 11) is 0. The molecule has 144 valence electrons. The molecule has 2 aromatic heterocycles. The van der Waals surface area contributed by atoms with Gasteiger partial charge < -0.3 is 0 Å². The van der Waals surface area contributed by atoms with Gasteiger partial charge in [-0.05, 0) is 29.9 Å². The molecule has 0 saturated carbocycles. The van der Waals surface area contributed by atoms with Gasteiger partial charge in [0.15, 0.2) is 0 Å². The van der Waals surface area contributed by atoms with Crippen LogP contribution in [-0.2, 0) is 19.4 Å². The number of benzene rings is 1. The summed E-state index contributed by atoms with van der Waals surface area (Å²) in [6, 6.07) is 10.5. The van der Waals surface area contributed by atoms with Crippen molar-refractivity contribution in [3.05, 3.63) is 68.1 Å². The lowest BCUT2D eigenvalue weighted by atomic mass is 10.0. The summed E-state index contributed by atoms with van der Waals surface area (Å²) in [5, 5.41) is 16.8. The van der Waals surface area contributed by atoms with Crippen molar-refractivity contribution in [1.82, 2.24) is 14.8 Å². The molecule has 6 heteroatoms. The van der Waals surface area contributed by atoms with Gasteiger partial charge in [-0.3, -0.25) is 4.79 Å². The van der Waals surface area contributed by atoms with Gasteiger partial charge in [0.2, 0.25) is 0 Å². The molecule has 0 amide bonds. The fourth-order valence-electron chi connectivity index (χ4n) is 3.22. The minimum Gasteiger partial charge on any atom is -0.266 e. The van der Waals surface area contributed by atoms with E-state index >= 15 is 0 Å². The molecule has 0 bridgehead atoms. The first-order valence-corrected chi connectivity index (χ1v) is 10.4. The first kappa shape index (κ1) is 20.0. The van der Waals surface area contributed by atoms with E-state index < -0.39 is 0 Å². The summed E-state index contributed by atoms with van der Waals surface area (Å²) < 4.78 is 1.37. The van der Waals surface area contributed by atoms with Gasteiger partial charge >= 0.3 is 0 Å². The average molecular weight is 393 g/mol. The lowest BCUT2D eigenvalue weighted by Crippen LogP contribution is -2.29. The monoisotopic (exact) mass is 392 g/mol. The first-order valence-electron chi connectivity index (χ1n) is 9.56. The van der Waals surface area contributed by atoms with Crippen LogP contribution in [0.1, 0.15) is 61.7 Å². The minimum absolute atomic E-state index is 0.203. The van der Waals surface area contributed by atoms with E-state index in [0.717, 1.165) is 27.5 Å². The van der Waals surface area contributed by atoms with Crippen molar-refractivity contribution in [1.29, 1.82) is 5.26 Å². The molecule has 3 aromatic rings. The van der Waals surface area contributed by atoms with Gasteiger partial charge in [0.25, 0.3) is 5.56 Å². The standard InChI is InChI=1S/C22H24N4OS/c1-5-18-19(11-23)22(27)26(25-20(18)6-2)12-17-13-28-21(24-17)16-9-7-15(8-10-16)14(3)4/h7-10,13-14H,5-6,12H2,1-4H3. The highest BCUT2D eigenvalue weighted by molar-refractivity contribution is 7.13. The SMILES string of the molecule is CCc1nn(Cc2csc(-c3ccc(C(C)C)cc3)n2)c(=O)c(C#N)c1CC. The smallest absolute Gasteiger partial charge is 0.266 e. The predicted octanol–water partition coefficient (Wildman–Crippen LogP) is 4.53. The van der Waals surface area contributed by atoms with Gasteiger partial charge in [0, 0.05) is 10.9 Å². The normalized spacial score (nSPS) is 11.0. The van der Waals surface area contributed by atoms with E-state index in [9.17, 15) is 10.1 Å². The van der Waals surface area contributed by atoms with Gasteiger partial charge in [-0.15, -0.1) is 11.3 Å². The number of aromatic nitrogens is 3. The summed E-state index contributed by atoms with van der Waals surface area (Å²) in [5.41, 5.74) is 4.56. The maximum atomic E-state index is 12.7. The zero-order chi connectivity index (χ0) is 20.3. The van der Waals surface area contributed by atoms with Crippen molar-refractivity contribution in [2.24, 2.45) is 0 Å². The highest BCUT2D eigenvalue weighted by atomic mass is 32.1. The Morgan fingerprint density at radius 2 is 1.89 bits per heavy atom. The second-order valence-electron chi connectivity index (χ2n) is 7.00. The fourth-order valence-corrected chi connectivity index (χ4v) is 4.03. The molecular formula is C22H24N4OS. The molecule has 0 aliphatic rings. The van der Waals surface area contributed by atoms with Gasteiger partial charge in [-0.1, -0.05) is 52.0 Å². The molecule has 0 N–H and O–H groups in total. The molecule has 0 spiro atoms. The molecule has 2 heterocycles. The van der Waals surface area contributed by atoms with Crippen LogP contribution in [0.15, 0.2) is 34.4 Å². The van der Waals surface area contributed by atoms with Crippen LogP contribution in [0, 0.1) is 11.3 Å². The van der Waals surface area contributed by atoms with Gasteiger partial charge in [0.1, 0.15) is 16.6 Å². The van der Waals surface area contributed by atoms with Crippen LogP contribution < -0.4 is 5.56 Å². The van der Waals surface area contributed by atoms with Crippen molar-refractivity contribution in [3.8, 4) is 16.6 Å². The number of rotatable bonds is 6. The number of hydrogen-bond donors (Lipinski definition) is 0. The van der Waals surface area contributed by atoms with Crippen LogP contribution in [0.25, 0.3) is 10.6 Å². The number of hydrogen-bond acceptors (Lipinski definition) is 5. The van der Waals surface area contributed by atoms with Crippen LogP contribution in [-0.4, -0.2) is 14.8 Å². The summed E-state index contributed by atoms with van der Waals surface area (Å²) in [6.45, 7) is 8.54. The summed E-state index contributed by atoms with van der Waals surface area (Å²) in [4.78, 5) is 17.4. The Labute approximate surface area is 169 Å². The molecule has 0 saturated heterocycles. The molecule has 0 fully saturated rings. The molecule has 0 radical (unpaired) electrons. The van der Waals surface area contributed by atoms with E-state index in [0.29, 0.717) is 18.8 Å². The Hall–Kier alpha value is -2.78. The van der Waals surface area contributed by atoms with Crippen LogP contribution in [0.2, 0.25) is 0 Å². The third-order valence-electron chi connectivity index (χ3n) is 4.83. The summed E-state index contributed by atoms with van der Waals surface area (Å²) in [6.07, 6.45) is 1.31. The number of nitriles is 1. The zero-order valence-electron chi connectivity index (χ0n) is 16.7. The maximum absolute atomic E-state index is 12.7. The topological polar surface area (TPSA) is 71.6 Å². The third kappa shape index (κ3) is 3.90. The highest BCUT2D eigenvalue weighted by Gasteiger charge is 2.16. The third-order valence-corrected chi connectivity index (χ3v) is 5.77. The second kappa shape index (κ2) is 8.49. The van der Waals surface area contributed by atoms with E-state index in [1.807, 2.05) is 19.2 Å². The Bertz CT molecular complexity index is 1070. The van der Waals surface area contributed by atoms with E-state index in [1.54, 1.807) is 11.3 Å². The van der Waals surface area contributed by atoms with Gasteiger partial charge in [-0.2, -0.15) is 10.4 Å². The van der Waals surface area contributed by atoms with E-state index in [1.165, 1.54) is 10.2 Å². The van der Waals surface area contributed by atoms with Gasteiger partial charge in [0.05, 0.1) is 17.9 Å². The average Bonchev–Trinajstić information content (AvgIpc) is 3.17. The highest BCUT2D eigenvalue weighted by Crippen LogP contribution is 2.26. The predicted molar refractivity (Wildman–Crippen MR) is 113 cm³/mol. The van der Waals surface area contributed by atoms with Crippen LogP contribution in [0.3, 0.4) is 0 Å². The van der Waals surface area contributed by atoms with Crippen molar-refractivity contribution < 1.29 is 0 Å². The molecule has 0 aliphatic heterocycles. The van der Waals surface area contributed by atoms with Crippen molar-refractivity contribution in [2.45, 2.75) is 53.0 Å². The molecule has 0 aliphatic carbocycles. The Morgan fingerprint density at radius 1 is 1.18 bits per heavy atom. The van der Waals surface area contributed by atoms with Crippen LogP contribution in [0.5, 0.6) is 0 Å². The zero-order valence-corrected chi connectivity index (χ0v) is 17.5. The Balaban J connectivity index is 1.92. The molecule has 0 atom stereocenters. The first-order chi connectivity index (χ1) is 13.5. The second-order valence-corrected chi connectivity index (χ2v) is 7.86. The molecule has 3 rings (SSSR count). The quantitative estimate of drug-likeness (QED) is 0.618. The number of aryl methyl sites for hydroxylation is 1. The van der Waals surface area contributed by atoms with E-state index in [4.69, 9.17) is 0 Å². The molecule has 5 nitrogen and oxygen atoms in total. The van der Waals surface area contributed by atoms with E-state index in [-0.39, 0.29) is 17.7 Å². The molecule has 0 unspecified atom stereocenters. The lowest BCUT2D eigenvalue weighted by Gasteiger charge is -2.11. The van der Waals surface area contributed by atoms with E-state index in [2.05, 4.69) is 54.3 Å². The Morgan fingerprint density at radius 3 is 2.46 bits per heavy atom. The van der Waals surface area contributed by atoms with Crippen molar-refractivity contribution >= 4 is 11.3 Å². The number of nitrogens with zero attached hydrogens (tertiary/aromatic N) is 4. The molecular weight excluding hydrogens is 368 g/mol. The van der Waals surface area contributed by atoms with Crippen molar-refractivity contribution in [2.75, 3.05) is 0 Å². The number of thiazole rings is 1. The van der Waals surface area contributed by atoms with Crippen molar-refractivity contribution in [3.63, 3.8) is 0 Å². The molecule has 28 heavy (non-hydrogen) atoms. The summed E-state index contributed by atoms with van der Waals surface area (Å²) >= 11 is 1.55. The summed E-state index contributed by atoms with van der Waals surface area (Å²) in [5.74, 6) is 0.493.